The summed E-state index contributed by atoms with van der Waals surface area (Å²) >= 11 is 0. The Bertz CT molecular complexity index is 925. The summed E-state index contributed by atoms with van der Waals surface area (Å²) in [4.78, 5) is 23.2. The summed E-state index contributed by atoms with van der Waals surface area (Å²) in [6, 6.07) is 7.42. The fourth-order valence-electron chi connectivity index (χ4n) is 3.28. The third kappa shape index (κ3) is 4.80. The van der Waals surface area contributed by atoms with Gasteiger partial charge >= 0.3 is 5.97 Å². The first-order valence-electron chi connectivity index (χ1n) is 8.96. The van der Waals surface area contributed by atoms with E-state index in [0.717, 1.165) is 33.4 Å². The van der Waals surface area contributed by atoms with E-state index in [2.05, 4.69) is 4.74 Å². The number of hydrogen-bond acceptors (Lipinski definition) is 5. The van der Waals surface area contributed by atoms with Gasteiger partial charge in [0.1, 0.15) is 6.61 Å². The number of esters is 1. The molecule has 0 unspecified atom stereocenters. The van der Waals surface area contributed by atoms with Crippen LogP contribution in [-0.2, 0) is 16.1 Å². The molecule has 0 spiro atoms. The van der Waals surface area contributed by atoms with E-state index < -0.39 is 5.97 Å². The Balaban J connectivity index is 2.28. The Labute approximate surface area is 165 Å². The molecule has 0 fully saturated rings. The fourth-order valence-corrected chi connectivity index (χ4v) is 3.28. The summed E-state index contributed by atoms with van der Waals surface area (Å²) in [6.45, 7) is 7.82. The van der Waals surface area contributed by atoms with Crippen molar-refractivity contribution >= 4 is 17.8 Å². The quantitative estimate of drug-likeness (QED) is 0.398. The third-order valence-corrected chi connectivity index (χ3v) is 4.66. The van der Waals surface area contributed by atoms with E-state index >= 15 is 0 Å². The van der Waals surface area contributed by atoms with Gasteiger partial charge in [0.05, 0.1) is 14.2 Å². The standard InChI is InChI=1S/C23H26O5/c1-14-11-15(2)23(17(4)24)16(3)19(14)13-28-20-9-7-18(12-21(20)26-5)8-10-22(25)27-6/h7-12H,13H2,1-6H3/b10-8+. The second-order valence-electron chi connectivity index (χ2n) is 6.60. The Morgan fingerprint density at radius 1 is 1.00 bits per heavy atom. The molecule has 2 rings (SSSR count). The highest BCUT2D eigenvalue weighted by Gasteiger charge is 2.15. The average molecular weight is 382 g/mol. The normalized spacial score (nSPS) is 10.8. The van der Waals surface area contributed by atoms with Crippen molar-refractivity contribution in [1.82, 2.24) is 0 Å². The van der Waals surface area contributed by atoms with E-state index in [1.165, 1.54) is 13.2 Å². The maximum Gasteiger partial charge on any atom is 0.330 e. The van der Waals surface area contributed by atoms with Gasteiger partial charge in [-0.3, -0.25) is 4.79 Å². The number of carbonyl (C=O) groups excluding carboxylic acids is 2. The smallest absolute Gasteiger partial charge is 0.330 e. The molecular weight excluding hydrogens is 356 g/mol. The minimum absolute atomic E-state index is 0.0515. The molecule has 28 heavy (non-hydrogen) atoms. The molecule has 0 saturated carbocycles. The van der Waals surface area contributed by atoms with Crippen LogP contribution < -0.4 is 9.47 Å². The maximum absolute atomic E-state index is 12.0. The SMILES string of the molecule is COC(=O)/C=C/c1ccc(OCc2c(C)cc(C)c(C(C)=O)c2C)c(OC)c1. The predicted molar refractivity (Wildman–Crippen MR) is 109 cm³/mol. The molecule has 5 nitrogen and oxygen atoms in total. The van der Waals surface area contributed by atoms with Crippen LogP contribution in [0.25, 0.3) is 6.08 Å². The number of ketones is 1. The molecule has 0 amide bonds. The number of methoxy groups -OCH3 is 2. The van der Waals surface area contributed by atoms with E-state index in [9.17, 15) is 9.59 Å². The molecule has 2 aromatic carbocycles. The fraction of sp³-hybridized carbons (Fsp3) is 0.304. The van der Waals surface area contributed by atoms with Gasteiger partial charge in [-0.05, 0) is 73.7 Å². The average Bonchev–Trinajstić information content (AvgIpc) is 2.65. The summed E-state index contributed by atoms with van der Waals surface area (Å²) in [6.07, 6.45) is 2.99. The largest absolute Gasteiger partial charge is 0.493 e. The van der Waals surface area contributed by atoms with Gasteiger partial charge in [-0.1, -0.05) is 12.1 Å². The predicted octanol–water partition coefficient (Wildman–Crippen LogP) is 4.59. The molecule has 0 saturated heterocycles. The van der Waals surface area contributed by atoms with Crippen LogP contribution in [0.3, 0.4) is 0 Å². The van der Waals surface area contributed by atoms with Gasteiger partial charge in [-0.15, -0.1) is 0 Å². The summed E-state index contributed by atoms with van der Waals surface area (Å²) in [5.41, 5.74) is 5.53. The van der Waals surface area contributed by atoms with Gasteiger partial charge in [-0.25, -0.2) is 4.79 Å². The summed E-state index contributed by atoms with van der Waals surface area (Å²) in [5.74, 6) is 0.768. The highest BCUT2D eigenvalue weighted by Crippen LogP contribution is 2.31. The lowest BCUT2D eigenvalue weighted by atomic mass is 9.92. The molecule has 0 aromatic heterocycles. The van der Waals surface area contributed by atoms with Gasteiger partial charge in [0.15, 0.2) is 17.3 Å². The highest BCUT2D eigenvalue weighted by atomic mass is 16.5. The number of hydrogen-bond donors (Lipinski definition) is 0. The topological polar surface area (TPSA) is 61.8 Å². The number of ether oxygens (including phenoxy) is 3. The first-order chi connectivity index (χ1) is 13.3. The Morgan fingerprint density at radius 2 is 1.71 bits per heavy atom. The molecule has 0 atom stereocenters. The first kappa shape index (κ1) is 21.2. The Morgan fingerprint density at radius 3 is 2.32 bits per heavy atom. The van der Waals surface area contributed by atoms with Crippen molar-refractivity contribution in [3.63, 3.8) is 0 Å². The van der Waals surface area contributed by atoms with Crippen LogP contribution >= 0.6 is 0 Å². The number of rotatable bonds is 7. The minimum Gasteiger partial charge on any atom is -0.493 e. The number of carbonyl (C=O) groups is 2. The molecule has 0 heterocycles. The van der Waals surface area contributed by atoms with E-state index in [4.69, 9.17) is 9.47 Å². The molecular formula is C23H26O5. The van der Waals surface area contributed by atoms with Crippen molar-refractivity contribution < 1.29 is 23.8 Å². The monoisotopic (exact) mass is 382 g/mol. The molecule has 0 aliphatic rings. The van der Waals surface area contributed by atoms with Crippen LogP contribution in [0.15, 0.2) is 30.3 Å². The van der Waals surface area contributed by atoms with Crippen molar-refractivity contribution in [1.29, 1.82) is 0 Å². The van der Waals surface area contributed by atoms with Crippen LogP contribution in [0.4, 0.5) is 0 Å². The van der Waals surface area contributed by atoms with Gasteiger partial charge in [0.25, 0.3) is 0 Å². The van der Waals surface area contributed by atoms with Crippen LogP contribution in [0.1, 0.15) is 45.1 Å². The Hall–Kier alpha value is -3.08. The lowest BCUT2D eigenvalue weighted by Crippen LogP contribution is -2.08. The highest BCUT2D eigenvalue weighted by molar-refractivity contribution is 5.97. The lowest BCUT2D eigenvalue weighted by molar-refractivity contribution is -0.134. The third-order valence-electron chi connectivity index (χ3n) is 4.66. The molecule has 0 aliphatic heterocycles. The van der Waals surface area contributed by atoms with Crippen LogP contribution in [0, 0.1) is 20.8 Å². The van der Waals surface area contributed by atoms with Crippen LogP contribution in [0.5, 0.6) is 11.5 Å². The summed E-state index contributed by atoms with van der Waals surface area (Å²) < 4.78 is 16.0. The molecule has 2 aromatic rings. The van der Waals surface area contributed by atoms with Gasteiger partial charge in [0, 0.05) is 11.6 Å². The lowest BCUT2D eigenvalue weighted by Gasteiger charge is -2.17. The van der Waals surface area contributed by atoms with Crippen molar-refractivity contribution in [3.05, 3.63) is 63.7 Å². The molecule has 148 valence electrons. The second kappa shape index (κ2) is 9.22. The van der Waals surface area contributed by atoms with Gasteiger partial charge in [-0.2, -0.15) is 0 Å². The van der Waals surface area contributed by atoms with E-state index in [1.54, 1.807) is 32.2 Å². The molecule has 5 heteroatoms. The van der Waals surface area contributed by atoms with Crippen LogP contribution in [-0.4, -0.2) is 26.0 Å². The number of Topliss-reactive ketones (excluding diaryl/α,β-unsaturated/α-hetero) is 1. The van der Waals surface area contributed by atoms with E-state index in [-0.39, 0.29) is 5.78 Å². The maximum atomic E-state index is 12.0. The number of aryl methyl sites for hydroxylation is 2. The first-order valence-corrected chi connectivity index (χ1v) is 8.96. The Kier molecular flexibility index (Phi) is 6.99. The molecule has 0 radical (unpaired) electrons. The van der Waals surface area contributed by atoms with Crippen molar-refractivity contribution in [3.8, 4) is 11.5 Å². The summed E-state index contributed by atoms with van der Waals surface area (Å²) in [7, 11) is 2.89. The zero-order valence-electron chi connectivity index (χ0n) is 17.2. The van der Waals surface area contributed by atoms with Gasteiger partial charge in [0.2, 0.25) is 0 Å². The van der Waals surface area contributed by atoms with Gasteiger partial charge < -0.3 is 14.2 Å². The molecule has 0 aliphatic carbocycles. The van der Waals surface area contributed by atoms with E-state index in [1.807, 2.05) is 32.9 Å². The van der Waals surface area contributed by atoms with Crippen LogP contribution in [0.2, 0.25) is 0 Å². The van der Waals surface area contributed by atoms with Crippen molar-refractivity contribution in [2.24, 2.45) is 0 Å². The zero-order chi connectivity index (χ0) is 20.8. The van der Waals surface area contributed by atoms with Crippen molar-refractivity contribution in [2.45, 2.75) is 34.3 Å². The van der Waals surface area contributed by atoms with Crippen molar-refractivity contribution in [2.75, 3.05) is 14.2 Å². The zero-order valence-corrected chi connectivity index (χ0v) is 17.2. The summed E-state index contributed by atoms with van der Waals surface area (Å²) in [5, 5.41) is 0. The minimum atomic E-state index is -0.425. The molecule has 0 bridgehead atoms. The number of benzene rings is 2. The van der Waals surface area contributed by atoms with E-state index in [0.29, 0.717) is 18.1 Å². The second-order valence-corrected chi connectivity index (χ2v) is 6.60. The molecule has 0 N–H and O–H groups in total.